The van der Waals surface area contributed by atoms with Gasteiger partial charge in [-0.1, -0.05) is 6.92 Å². The van der Waals surface area contributed by atoms with Gasteiger partial charge in [0.15, 0.2) is 0 Å². The average Bonchev–Trinajstić information content (AvgIpc) is 2.85. The summed E-state index contributed by atoms with van der Waals surface area (Å²) in [4.78, 5) is 12.0. The third kappa shape index (κ3) is 1.65. The average molecular weight is 196 g/mol. The van der Waals surface area contributed by atoms with Gasteiger partial charge in [-0.25, -0.2) is 0 Å². The molecule has 2 aliphatic rings. The second kappa shape index (κ2) is 3.23. The SMILES string of the molecule is CCC1(C(=O)NC2(C)CCNC2)CC1. The summed E-state index contributed by atoms with van der Waals surface area (Å²) in [5.74, 6) is 0.284. The third-order valence-corrected chi connectivity index (χ3v) is 3.80. The Labute approximate surface area is 85.6 Å². The van der Waals surface area contributed by atoms with Gasteiger partial charge in [-0.15, -0.1) is 0 Å². The lowest BCUT2D eigenvalue weighted by molar-refractivity contribution is -0.128. The summed E-state index contributed by atoms with van der Waals surface area (Å²) in [7, 11) is 0. The summed E-state index contributed by atoms with van der Waals surface area (Å²) in [6.45, 7) is 6.19. The Morgan fingerprint density at radius 1 is 1.43 bits per heavy atom. The van der Waals surface area contributed by atoms with E-state index < -0.39 is 0 Å². The minimum Gasteiger partial charge on any atom is -0.349 e. The normalized spacial score (nSPS) is 34.1. The Hall–Kier alpha value is -0.570. The van der Waals surface area contributed by atoms with Crippen LogP contribution in [-0.2, 0) is 4.79 Å². The van der Waals surface area contributed by atoms with E-state index in [0.29, 0.717) is 0 Å². The number of carbonyl (C=O) groups excluding carboxylic acids is 1. The first-order valence-corrected chi connectivity index (χ1v) is 5.64. The fourth-order valence-electron chi connectivity index (χ4n) is 2.22. The van der Waals surface area contributed by atoms with Gasteiger partial charge in [-0.3, -0.25) is 4.79 Å². The molecule has 3 heteroatoms. The second-order valence-corrected chi connectivity index (χ2v) is 5.08. The Kier molecular flexibility index (Phi) is 2.30. The van der Waals surface area contributed by atoms with Crippen LogP contribution in [0.1, 0.15) is 39.5 Å². The summed E-state index contributed by atoms with van der Waals surface area (Å²) >= 11 is 0. The van der Waals surface area contributed by atoms with Crippen molar-refractivity contribution in [1.29, 1.82) is 0 Å². The van der Waals surface area contributed by atoms with Crippen molar-refractivity contribution in [3.63, 3.8) is 0 Å². The molecule has 0 spiro atoms. The Bertz CT molecular complexity index is 240. The van der Waals surface area contributed by atoms with E-state index in [-0.39, 0.29) is 16.9 Å². The van der Waals surface area contributed by atoms with Crippen LogP contribution in [0.15, 0.2) is 0 Å². The molecular formula is C11H20N2O. The molecule has 1 saturated heterocycles. The van der Waals surface area contributed by atoms with Gasteiger partial charge in [0, 0.05) is 12.0 Å². The van der Waals surface area contributed by atoms with Crippen LogP contribution in [0.2, 0.25) is 0 Å². The molecule has 80 valence electrons. The zero-order valence-electron chi connectivity index (χ0n) is 9.15. The Morgan fingerprint density at radius 3 is 2.57 bits per heavy atom. The zero-order chi connectivity index (χ0) is 10.2. The molecule has 0 aromatic carbocycles. The first kappa shape index (κ1) is 9.97. The van der Waals surface area contributed by atoms with Crippen molar-refractivity contribution < 1.29 is 4.79 Å². The minimum atomic E-state index is 0.00183. The molecule has 0 aromatic rings. The van der Waals surface area contributed by atoms with Crippen LogP contribution in [0, 0.1) is 5.41 Å². The molecule has 1 saturated carbocycles. The van der Waals surface area contributed by atoms with Gasteiger partial charge in [0.1, 0.15) is 0 Å². The lowest BCUT2D eigenvalue weighted by Gasteiger charge is -2.27. The fraction of sp³-hybridized carbons (Fsp3) is 0.909. The van der Waals surface area contributed by atoms with Crippen molar-refractivity contribution in [1.82, 2.24) is 10.6 Å². The molecule has 1 heterocycles. The molecule has 2 N–H and O–H groups in total. The molecular weight excluding hydrogens is 176 g/mol. The lowest BCUT2D eigenvalue weighted by Crippen LogP contribution is -2.50. The first-order valence-electron chi connectivity index (χ1n) is 5.64. The summed E-state index contributed by atoms with van der Waals surface area (Å²) in [5.41, 5.74) is 0.00738. The Morgan fingerprint density at radius 2 is 2.14 bits per heavy atom. The fourth-order valence-corrected chi connectivity index (χ4v) is 2.22. The highest BCUT2D eigenvalue weighted by Crippen LogP contribution is 2.49. The number of hydrogen-bond donors (Lipinski definition) is 2. The summed E-state index contributed by atoms with van der Waals surface area (Å²) < 4.78 is 0. The molecule has 0 radical (unpaired) electrons. The predicted octanol–water partition coefficient (Wildman–Crippen LogP) is 1.04. The smallest absolute Gasteiger partial charge is 0.226 e. The Balaban J connectivity index is 1.94. The molecule has 2 rings (SSSR count). The van der Waals surface area contributed by atoms with Crippen LogP contribution in [-0.4, -0.2) is 24.5 Å². The summed E-state index contributed by atoms with van der Waals surface area (Å²) in [6.07, 6.45) is 4.21. The van der Waals surface area contributed by atoms with E-state index in [1.165, 1.54) is 0 Å². The molecule has 3 nitrogen and oxygen atoms in total. The monoisotopic (exact) mass is 196 g/mol. The van der Waals surface area contributed by atoms with Crippen molar-refractivity contribution in [2.75, 3.05) is 13.1 Å². The van der Waals surface area contributed by atoms with Crippen molar-refractivity contribution in [2.24, 2.45) is 5.41 Å². The van der Waals surface area contributed by atoms with E-state index in [1.54, 1.807) is 0 Å². The molecule has 1 amide bonds. The number of rotatable bonds is 3. The lowest BCUT2D eigenvalue weighted by atomic mass is 9.97. The van der Waals surface area contributed by atoms with Gasteiger partial charge in [0.25, 0.3) is 0 Å². The molecule has 1 aliphatic carbocycles. The van der Waals surface area contributed by atoms with E-state index in [9.17, 15) is 4.79 Å². The molecule has 1 aliphatic heterocycles. The van der Waals surface area contributed by atoms with Gasteiger partial charge in [-0.2, -0.15) is 0 Å². The maximum atomic E-state index is 12.0. The van der Waals surface area contributed by atoms with Crippen LogP contribution in [0.4, 0.5) is 0 Å². The summed E-state index contributed by atoms with van der Waals surface area (Å²) in [5, 5.41) is 6.50. The van der Waals surface area contributed by atoms with Crippen molar-refractivity contribution in [3.05, 3.63) is 0 Å². The van der Waals surface area contributed by atoms with Gasteiger partial charge >= 0.3 is 0 Å². The highest BCUT2D eigenvalue weighted by atomic mass is 16.2. The molecule has 1 atom stereocenters. The van der Waals surface area contributed by atoms with Crippen molar-refractivity contribution in [2.45, 2.75) is 45.1 Å². The van der Waals surface area contributed by atoms with E-state index in [1.807, 2.05) is 0 Å². The van der Waals surface area contributed by atoms with E-state index >= 15 is 0 Å². The first-order chi connectivity index (χ1) is 6.60. The largest absolute Gasteiger partial charge is 0.349 e. The highest BCUT2D eigenvalue weighted by molar-refractivity contribution is 5.85. The van der Waals surface area contributed by atoms with Crippen LogP contribution in [0.5, 0.6) is 0 Å². The number of amides is 1. The van der Waals surface area contributed by atoms with Crippen molar-refractivity contribution in [3.8, 4) is 0 Å². The summed E-state index contributed by atoms with van der Waals surface area (Å²) in [6, 6.07) is 0. The van der Waals surface area contributed by atoms with Gasteiger partial charge in [0.2, 0.25) is 5.91 Å². The van der Waals surface area contributed by atoms with E-state index in [0.717, 1.165) is 38.8 Å². The topological polar surface area (TPSA) is 41.1 Å². The second-order valence-electron chi connectivity index (χ2n) is 5.08. The molecule has 1 unspecified atom stereocenters. The maximum Gasteiger partial charge on any atom is 0.226 e. The molecule has 0 bridgehead atoms. The predicted molar refractivity (Wildman–Crippen MR) is 56.0 cm³/mol. The van der Waals surface area contributed by atoms with E-state index in [4.69, 9.17) is 0 Å². The van der Waals surface area contributed by atoms with Crippen LogP contribution in [0.3, 0.4) is 0 Å². The van der Waals surface area contributed by atoms with Gasteiger partial charge in [-0.05, 0) is 39.2 Å². The third-order valence-electron chi connectivity index (χ3n) is 3.80. The van der Waals surface area contributed by atoms with Crippen LogP contribution in [0.25, 0.3) is 0 Å². The standard InChI is InChI=1S/C11H20N2O/c1-3-11(4-5-11)9(14)13-10(2)6-7-12-8-10/h12H,3-8H2,1-2H3,(H,13,14). The number of carbonyl (C=O) groups is 1. The van der Waals surface area contributed by atoms with Gasteiger partial charge < -0.3 is 10.6 Å². The van der Waals surface area contributed by atoms with Crippen molar-refractivity contribution >= 4 is 5.91 Å². The van der Waals surface area contributed by atoms with Crippen LogP contribution < -0.4 is 10.6 Å². The molecule has 0 aromatic heterocycles. The molecule has 2 fully saturated rings. The van der Waals surface area contributed by atoms with E-state index in [2.05, 4.69) is 24.5 Å². The quantitative estimate of drug-likeness (QED) is 0.708. The zero-order valence-corrected chi connectivity index (χ0v) is 9.15. The number of hydrogen-bond acceptors (Lipinski definition) is 2. The highest BCUT2D eigenvalue weighted by Gasteiger charge is 2.49. The number of nitrogens with one attached hydrogen (secondary N) is 2. The van der Waals surface area contributed by atoms with Gasteiger partial charge in [0.05, 0.1) is 5.54 Å². The molecule has 14 heavy (non-hydrogen) atoms. The maximum absolute atomic E-state index is 12.0. The minimum absolute atomic E-state index is 0.00183. The van der Waals surface area contributed by atoms with Crippen LogP contribution >= 0.6 is 0 Å².